The molecule has 1 aliphatic heterocycles. The standard InChI is InChI=1S/C21H15ClF3NO2S/c22-18-3-1-2-4-20(18)29(27,28)26-12-11-16-13-15(7-10-19(16)26)14-5-8-17(9-6-14)21(23,24)25/h1-10,13H,11-12H2. The molecule has 3 nitrogen and oxygen atoms in total. The summed E-state index contributed by atoms with van der Waals surface area (Å²) in [5.74, 6) is 0. The summed E-state index contributed by atoms with van der Waals surface area (Å²) in [4.78, 5) is 0.0429. The van der Waals surface area contributed by atoms with Gasteiger partial charge in [0, 0.05) is 6.54 Å². The van der Waals surface area contributed by atoms with Crippen molar-refractivity contribution in [3.8, 4) is 11.1 Å². The minimum atomic E-state index is -4.38. The molecule has 0 aromatic heterocycles. The average Bonchev–Trinajstić information content (AvgIpc) is 3.11. The van der Waals surface area contributed by atoms with Gasteiger partial charge in [-0.25, -0.2) is 8.42 Å². The largest absolute Gasteiger partial charge is 0.416 e. The lowest BCUT2D eigenvalue weighted by atomic mass is 10.0. The van der Waals surface area contributed by atoms with Crippen LogP contribution in [0.5, 0.6) is 0 Å². The van der Waals surface area contributed by atoms with E-state index in [-0.39, 0.29) is 16.5 Å². The van der Waals surface area contributed by atoms with E-state index in [1.54, 1.807) is 24.3 Å². The van der Waals surface area contributed by atoms with Crippen LogP contribution in [0.1, 0.15) is 11.1 Å². The molecular weight excluding hydrogens is 423 g/mol. The number of fused-ring (bicyclic) bond motifs is 1. The van der Waals surface area contributed by atoms with Crippen molar-refractivity contribution in [1.82, 2.24) is 0 Å². The Morgan fingerprint density at radius 2 is 1.55 bits per heavy atom. The minimum absolute atomic E-state index is 0.0429. The van der Waals surface area contributed by atoms with Crippen LogP contribution >= 0.6 is 11.6 Å². The Hall–Kier alpha value is -2.51. The zero-order chi connectivity index (χ0) is 20.8. The SMILES string of the molecule is O=S(=O)(c1ccccc1Cl)N1CCc2cc(-c3ccc(C(F)(F)F)cc3)ccc21. The molecular formula is C21H15ClF3NO2S. The van der Waals surface area contributed by atoms with Gasteiger partial charge in [0.05, 0.1) is 16.3 Å². The van der Waals surface area contributed by atoms with E-state index in [0.717, 1.165) is 23.3 Å². The summed E-state index contributed by atoms with van der Waals surface area (Å²) in [5.41, 5.74) is 2.03. The van der Waals surface area contributed by atoms with Crippen LogP contribution in [-0.4, -0.2) is 15.0 Å². The lowest BCUT2D eigenvalue weighted by Gasteiger charge is -2.20. The number of sulfonamides is 1. The number of rotatable bonds is 3. The first kappa shape index (κ1) is 19.8. The van der Waals surface area contributed by atoms with Crippen molar-refractivity contribution in [2.45, 2.75) is 17.5 Å². The van der Waals surface area contributed by atoms with E-state index in [0.29, 0.717) is 17.7 Å². The first-order chi connectivity index (χ1) is 13.7. The normalized spacial score (nSPS) is 14.1. The topological polar surface area (TPSA) is 37.4 Å². The fourth-order valence-corrected chi connectivity index (χ4v) is 5.42. The lowest BCUT2D eigenvalue weighted by Crippen LogP contribution is -2.29. The van der Waals surface area contributed by atoms with Crippen LogP contribution in [0.2, 0.25) is 5.02 Å². The van der Waals surface area contributed by atoms with E-state index in [9.17, 15) is 21.6 Å². The molecule has 150 valence electrons. The van der Waals surface area contributed by atoms with Crippen molar-refractivity contribution in [3.05, 3.63) is 82.9 Å². The molecule has 1 heterocycles. The van der Waals surface area contributed by atoms with E-state index >= 15 is 0 Å². The zero-order valence-corrected chi connectivity index (χ0v) is 16.5. The highest BCUT2D eigenvalue weighted by molar-refractivity contribution is 7.93. The molecule has 0 unspecified atom stereocenters. The number of hydrogen-bond donors (Lipinski definition) is 0. The summed E-state index contributed by atoms with van der Waals surface area (Å²) < 4.78 is 65.7. The van der Waals surface area contributed by atoms with Gasteiger partial charge in [-0.3, -0.25) is 4.31 Å². The van der Waals surface area contributed by atoms with Gasteiger partial charge < -0.3 is 0 Å². The van der Waals surface area contributed by atoms with Gasteiger partial charge in [-0.05, 0) is 59.5 Å². The molecule has 0 spiro atoms. The third kappa shape index (κ3) is 3.60. The van der Waals surface area contributed by atoms with Gasteiger partial charge in [0.15, 0.2) is 0 Å². The fraction of sp³-hybridized carbons (Fsp3) is 0.143. The second kappa shape index (κ2) is 7.07. The predicted molar refractivity (Wildman–Crippen MR) is 107 cm³/mol. The van der Waals surface area contributed by atoms with Crippen LogP contribution in [0.3, 0.4) is 0 Å². The van der Waals surface area contributed by atoms with Crippen molar-refractivity contribution in [2.24, 2.45) is 0 Å². The van der Waals surface area contributed by atoms with Crippen LogP contribution in [0.25, 0.3) is 11.1 Å². The van der Waals surface area contributed by atoms with Crippen molar-refractivity contribution >= 4 is 27.3 Å². The molecule has 3 aromatic carbocycles. The number of alkyl halides is 3. The van der Waals surface area contributed by atoms with Crippen LogP contribution < -0.4 is 4.31 Å². The molecule has 29 heavy (non-hydrogen) atoms. The molecule has 0 amide bonds. The summed E-state index contributed by atoms with van der Waals surface area (Å²) in [5, 5.41) is 0.155. The smallest absolute Gasteiger partial charge is 0.266 e. The van der Waals surface area contributed by atoms with E-state index in [2.05, 4.69) is 0 Å². The minimum Gasteiger partial charge on any atom is -0.266 e. The average molecular weight is 438 g/mol. The zero-order valence-electron chi connectivity index (χ0n) is 14.9. The quantitative estimate of drug-likeness (QED) is 0.521. The Kier molecular flexibility index (Phi) is 4.83. The van der Waals surface area contributed by atoms with Crippen molar-refractivity contribution in [2.75, 3.05) is 10.8 Å². The summed E-state index contributed by atoms with van der Waals surface area (Å²) in [6, 6.07) is 16.4. The van der Waals surface area contributed by atoms with Gasteiger partial charge in [0.2, 0.25) is 0 Å². The van der Waals surface area contributed by atoms with Crippen LogP contribution in [-0.2, 0) is 22.6 Å². The Labute approximate surface area is 171 Å². The molecule has 0 bridgehead atoms. The molecule has 8 heteroatoms. The van der Waals surface area contributed by atoms with Gasteiger partial charge in [0.1, 0.15) is 4.90 Å². The first-order valence-electron chi connectivity index (χ1n) is 8.76. The van der Waals surface area contributed by atoms with Crippen LogP contribution in [0.15, 0.2) is 71.6 Å². The number of hydrogen-bond acceptors (Lipinski definition) is 2. The van der Waals surface area contributed by atoms with Crippen LogP contribution in [0, 0.1) is 0 Å². The monoisotopic (exact) mass is 437 g/mol. The molecule has 1 aliphatic rings. The number of nitrogens with zero attached hydrogens (tertiary/aromatic N) is 1. The molecule has 4 rings (SSSR count). The van der Waals surface area contributed by atoms with Crippen molar-refractivity contribution in [3.63, 3.8) is 0 Å². The first-order valence-corrected chi connectivity index (χ1v) is 10.6. The molecule has 0 aliphatic carbocycles. The molecule has 0 N–H and O–H groups in total. The highest BCUT2D eigenvalue weighted by Crippen LogP contribution is 2.37. The van der Waals surface area contributed by atoms with Gasteiger partial charge in [-0.15, -0.1) is 0 Å². The molecule has 3 aromatic rings. The third-order valence-corrected chi connectivity index (χ3v) is 7.20. The van der Waals surface area contributed by atoms with Gasteiger partial charge in [-0.2, -0.15) is 13.2 Å². The molecule has 0 radical (unpaired) electrons. The lowest BCUT2D eigenvalue weighted by molar-refractivity contribution is -0.137. The predicted octanol–water partition coefficient (Wildman–Crippen LogP) is 5.78. The van der Waals surface area contributed by atoms with Gasteiger partial charge >= 0.3 is 6.18 Å². The van der Waals surface area contributed by atoms with E-state index in [1.807, 2.05) is 6.07 Å². The molecule has 0 saturated heterocycles. The van der Waals surface area contributed by atoms with E-state index < -0.39 is 21.8 Å². The van der Waals surface area contributed by atoms with Gasteiger partial charge in [0.25, 0.3) is 10.0 Å². The molecule has 0 fully saturated rings. The van der Waals surface area contributed by atoms with Crippen LogP contribution in [0.4, 0.5) is 18.9 Å². The summed E-state index contributed by atoms with van der Waals surface area (Å²) in [6.45, 7) is 0.277. The maximum absolute atomic E-state index is 13.0. The van der Waals surface area contributed by atoms with E-state index in [4.69, 9.17) is 11.6 Å². The number of anilines is 1. The molecule has 0 atom stereocenters. The fourth-order valence-electron chi connectivity index (χ4n) is 3.43. The Bertz CT molecular complexity index is 1180. The van der Waals surface area contributed by atoms with E-state index in [1.165, 1.54) is 28.6 Å². The maximum atomic E-state index is 13.0. The Balaban J connectivity index is 1.67. The summed E-state index contributed by atoms with van der Waals surface area (Å²) >= 11 is 6.08. The Morgan fingerprint density at radius 1 is 0.897 bits per heavy atom. The third-order valence-electron chi connectivity index (χ3n) is 4.88. The maximum Gasteiger partial charge on any atom is 0.416 e. The van der Waals surface area contributed by atoms with Gasteiger partial charge in [-0.1, -0.05) is 41.9 Å². The molecule has 0 saturated carbocycles. The summed E-state index contributed by atoms with van der Waals surface area (Å²) in [6.07, 6.45) is -3.88. The second-order valence-electron chi connectivity index (χ2n) is 6.68. The Morgan fingerprint density at radius 3 is 2.21 bits per heavy atom. The second-order valence-corrected chi connectivity index (χ2v) is 8.91. The summed E-state index contributed by atoms with van der Waals surface area (Å²) in [7, 11) is -3.81. The number of benzene rings is 3. The van der Waals surface area contributed by atoms with Crippen molar-refractivity contribution in [1.29, 1.82) is 0 Å². The number of halogens is 4. The van der Waals surface area contributed by atoms with Crippen molar-refractivity contribution < 1.29 is 21.6 Å². The highest BCUT2D eigenvalue weighted by Gasteiger charge is 2.33. The highest BCUT2D eigenvalue weighted by atomic mass is 35.5.